The molecule has 3 heterocycles. The first kappa shape index (κ1) is 33.9. The van der Waals surface area contributed by atoms with Gasteiger partial charge in [0.25, 0.3) is 5.91 Å². The first-order valence-electron chi connectivity index (χ1n) is 16.1. The molecular formula is C33H49ClN6O4. The highest BCUT2D eigenvalue weighted by Gasteiger charge is 2.55. The number of aliphatic hydroxyl groups is 1. The van der Waals surface area contributed by atoms with Crippen LogP contribution in [0.25, 0.3) is 5.69 Å². The number of aryl methyl sites for hydroxylation is 1. The predicted octanol–water partition coefficient (Wildman–Crippen LogP) is 3.67. The molecule has 2 atom stereocenters. The van der Waals surface area contributed by atoms with Crippen LogP contribution in [0.2, 0.25) is 0 Å². The number of nitrogens with zero attached hydrogens (tertiary/aromatic N) is 4. The molecule has 3 fully saturated rings. The third kappa shape index (κ3) is 6.53. The lowest BCUT2D eigenvalue weighted by Gasteiger charge is -2.52. The first-order chi connectivity index (χ1) is 20.7. The molecule has 2 aliphatic heterocycles. The topological polar surface area (TPSA) is 120 Å². The van der Waals surface area contributed by atoms with E-state index in [0.717, 1.165) is 61.2 Å². The monoisotopic (exact) mass is 628 g/mol. The Morgan fingerprint density at radius 1 is 1.11 bits per heavy atom. The van der Waals surface area contributed by atoms with Crippen LogP contribution < -0.4 is 10.6 Å². The number of benzene rings is 1. The maximum absolute atomic E-state index is 13.9. The summed E-state index contributed by atoms with van der Waals surface area (Å²) < 4.78 is 1.92. The number of carbonyl (C=O) groups excluding carboxylic acids is 3. The van der Waals surface area contributed by atoms with Gasteiger partial charge in [0.2, 0.25) is 11.8 Å². The Hall–Kier alpha value is -2.95. The number of nitrogens with one attached hydrogen (secondary N) is 2. The van der Waals surface area contributed by atoms with Crippen molar-refractivity contribution < 1.29 is 19.5 Å². The summed E-state index contributed by atoms with van der Waals surface area (Å²) in [4.78, 5) is 43.9. The van der Waals surface area contributed by atoms with Crippen molar-refractivity contribution in [2.45, 2.75) is 103 Å². The zero-order chi connectivity index (χ0) is 30.7. The Morgan fingerprint density at radius 3 is 2.39 bits per heavy atom. The molecule has 242 valence electrons. The summed E-state index contributed by atoms with van der Waals surface area (Å²) in [7, 11) is 1.62. The van der Waals surface area contributed by atoms with Gasteiger partial charge in [0.05, 0.1) is 17.5 Å². The van der Waals surface area contributed by atoms with Crippen molar-refractivity contribution in [3.8, 4) is 5.69 Å². The molecule has 1 spiro atoms. The van der Waals surface area contributed by atoms with E-state index in [9.17, 15) is 19.5 Å². The summed E-state index contributed by atoms with van der Waals surface area (Å²) in [5.74, 6) is -0.285. The lowest BCUT2D eigenvalue weighted by atomic mass is 9.78. The van der Waals surface area contributed by atoms with Crippen LogP contribution in [0.15, 0.2) is 24.3 Å². The van der Waals surface area contributed by atoms with Crippen molar-refractivity contribution in [1.29, 1.82) is 0 Å². The second-order valence-corrected chi connectivity index (χ2v) is 12.7. The molecule has 1 saturated carbocycles. The smallest absolute Gasteiger partial charge is 0.251 e. The fourth-order valence-electron chi connectivity index (χ4n) is 7.31. The van der Waals surface area contributed by atoms with E-state index in [1.165, 1.54) is 6.42 Å². The highest BCUT2D eigenvalue weighted by molar-refractivity contribution is 6.00. The average Bonchev–Trinajstić information content (AvgIpc) is 3.31. The molecule has 11 heteroatoms. The third-order valence-corrected chi connectivity index (χ3v) is 10.1. The summed E-state index contributed by atoms with van der Waals surface area (Å²) in [6.07, 6.45) is 7.18. The normalized spacial score (nSPS) is 21.6. The number of aliphatic hydroxyl groups excluding tert-OH is 1. The SMILES string of the molecule is CCCCN1C(=O)[C@@H]([C@H](O)C2CCCCC2)NC(=O)C12CCN(Cc1c(C)nn(-c3ccc(C(=O)NC)cc3)c1C)CC2.Cl. The van der Waals surface area contributed by atoms with Crippen molar-refractivity contribution in [2.75, 3.05) is 26.7 Å². The number of carbonyl (C=O) groups is 3. The van der Waals surface area contributed by atoms with Crippen molar-refractivity contribution in [1.82, 2.24) is 30.2 Å². The van der Waals surface area contributed by atoms with Crippen molar-refractivity contribution in [3.05, 3.63) is 46.8 Å². The molecule has 2 aromatic rings. The maximum Gasteiger partial charge on any atom is 0.251 e. The van der Waals surface area contributed by atoms with E-state index in [1.54, 1.807) is 19.2 Å². The van der Waals surface area contributed by atoms with Gasteiger partial charge in [0.1, 0.15) is 11.6 Å². The number of piperazine rings is 1. The second-order valence-electron chi connectivity index (χ2n) is 12.7. The molecule has 1 aromatic carbocycles. The Balaban J connectivity index is 0.00000442. The van der Waals surface area contributed by atoms with Gasteiger partial charge >= 0.3 is 0 Å². The van der Waals surface area contributed by atoms with Crippen LogP contribution >= 0.6 is 12.4 Å². The average molecular weight is 629 g/mol. The zero-order valence-corrected chi connectivity index (χ0v) is 27.4. The summed E-state index contributed by atoms with van der Waals surface area (Å²) >= 11 is 0. The molecule has 3 amide bonds. The molecular weight excluding hydrogens is 580 g/mol. The molecule has 2 saturated heterocycles. The number of piperidine rings is 1. The Morgan fingerprint density at radius 2 is 1.77 bits per heavy atom. The van der Waals surface area contributed by atoms with Gasteiger partial charge in [0, 0.05) is 50.0 Å². The Kier molecular flexibility index (Phi) is 11.1. The predicted molar refractivity (Wildman–Crippen MR) is 172 cm³/mol. The van der Waals surface area contributed by atoms with Gasteiger partial charge in [-0.2, -0.15) is 5.10 Å². The van der Waals surface area contributed by atoms with Crippen LogP contribution in [0.5, 0.6) is 0 Å². The number of amides is 3. The van der Waals surface area contributed by atoms with Crippen molar-refractivity contribution in [2.24, 2.45) is 5.92 Å². The van der Waals surface area contributed by atoms with Gasteiger partial charge < -0.3 is 20.6 Å². The fraction of sp³-hybridized carbons (Fsp3) is 0.636. The largest absolute Gasteiger partial charge is 0.390 e. The molecule has 0 unspecified atom stereocenters. The minimum Gasteiger partial charge on any atom is -0.390 e. The summed E-state index contributed by atoms with van der Waals surface area (Å²) in [5, 5.41) is 21.7. The van der Waals surface area contributed by atoms with E-state index < -0.39 is 17.7 Å². The fourth-order valence-corrected chi connectivity index (χ4v) is 7.31. The number of aromatic nitrogens is 2. The molecule has 5 rings (SSSR count). The van der Waals surface area contributed by atoms with Crippen LogP contribution in [0, 0.1) is 19.8 Å². The van der Waals surface area contributed by atoms with Gasteiger partial charge in [-0.05, 0) is 76.1 Å². The minimum absolute atomic E-state index is 0. The van der Waals surface area contributed by atoms with E-state index in [2.05, 4.69) is 29.4 Å². The standard InChI is InChI=1S/C33H48N6O4.ClH/c1-5-6-18-38-31(42)28(29(40)24-10-8-7-9-11-24)35-32(43)33(38)16-19-37(20-17-33)21-27-22(2)36-39(23(27)3)26-14-12-25(13-15-26)30(41)34-4;/h12-15,24,28-29,40H,5-11,16-21H2,1-4H3,(H,34,41)(H,35,43);1H/t28-,29-;/m1./s1. The molecule has 0 bridgehead atoms. The van der Waals surface area contributed by atoms with Crippen LogP contribution in [0.1, 0.15) is 92.0 Å². The molecule has 3 aliphatic rings. The molecule has 0 radical (unpaired) electrons. The van der Waals surface area contributed by atoms with E-state index in [0.29, 0.717) is 44.6 Å². The maximum atomic E-state index is 13.9. The number of hydrogen-bond donors (Lipinski definition) is 3. The molecule has 1 aromatic heterocycles. The first-order valence-corrected chi connectivity index (χ1v) is 16.1. The van der Waals surface area contributed by atoms with Gasteiger partial charge in [-0.3, -0.25) is 19.3 Å². The molecule has 1 aliphatic carbocycles. The zero-order valence-electron chi connectivity index (χ0n) is 26.6. The Labute approximate surface area is 267 Å². The highest BCUT2D eigenvalue weighted by atomic mass is 35.5. The van der Waals surface area contributed by atoms with E-state index in [1.807, 2.05) is 28.6 Å². The lowest BCUT2D eigenvalue weighted by molar-refractivity contribution is -0.166. The van der Waals surface area contributed by atoms with Crippen molar-refractivity contribution in [3.63, 3.8) is 0 Å². The third-order valence-electron chi connectivity index (χ3n) is 10.1. The van der Waals surface area contributed by atoms with Gasteiger partial charge in [-0.1, -0.05) is 32.6 Å². The van der Waals surface area contributed by atoms with Gasteiger partial charge in [-0.25, -0.2) is 4.68 Å². The molecule has 3 N–H and O–H groups in total. The second kappa shape index (κ2) is 14.4. The van der Waals surface area contributed by atoms with E-state index >= 15 is 0 Å². The number of hydrogen-bond acceptors (Lipinski definition) is 6. The minimum atomic E-state index is -0.869. The van der Waals surface area contributed by atoms with Gasteiger partial charge in [-0.15, -0.1) is 12.4 Å². The summed E-state index contributed by atoms with van der Waals surface area (Å²) in [6, 6.07) is 6.56. The summed E-state index contributed by atoms with van der Waals surface area (Å²) in [6.45, 7) is 8.79. The van der Waals surface area contributed by atoms with Crippen molar-refractivity contribution >= 4 is 30.1 Å². The Bertz CT molecular complexity index is 1310. The van der Waals surface area contributed by atoms with Crippen LogP contribution in [0.3, 0.4) is 0 Å². The lowest BCUT2D eigenvalue weighted by Crippen LogP contribution is -2.75. The van der Waals surface area contributed by atoms with Crippen LogP contribution in [-0.4, -0.2) is 86.8 Å². The number of halogens is 1. The van der Waals surface area contributed by atoms with Crippen LogP contribution in [-0.2, 0) is 16.1 Å². The van der Waals surface area contributed by atoms with E-state index in [-0.39, 0.29) is 36.0 Å². The molecule has 10 nitrogen and oxygen atoms in total. The van der Waals surface area contributed by atoms with Gasteiger partial charge in [0.15, 0.2) is 0 Å². The number of unbranched alkanes of at least 4 members (excludes halogenated alkanes) is 1. The quantitative estimate of drug-likeness (QED) is 0.390. The highest BCUT2D eigenvalue weighted by Crippen LogP contribution is 2.37. The number of rotatable bonds is 9. The molecule has 44 heavy (non-hydrogen) atoms. The van der Waals surface area contributed by atoms with Crippen LogP contribution in [0.4, 0.5) is 0 Å². The summed E-state index contributed by atoms with van der Waals surface area (Å²) in [5.41, 5.74) is 3.76. The number of likely N-dealkylation sites (tertiary alicyclic amines) is 1. The van der Waals surface area contributed by atoms with E-state index in [4.69, 9.17) is 5.10 Å².